The van der Waals surface area contributed by atoms with Gasteiger partial charge in [-0.1, -0.05) is 103 Å². The fourth-order valence-electron chi connectivity index (χ4n) is 5.13. The normalized spacial score (nSPS) is 11.3. The van der Waals surface area contributed by atoms with Crippen LogP contribution < -0.4 is 27.0 Å². The lowest BCUT2D eigenvalue weighted by molar-refractivity contribution is -0.701. The maximum absolute atomic E-state index is 12.9. The van der Waals surface area contributed by atoms with Crippen molar-refractivity contribution in [1.82, 2.24) is 15.4 Å². The van der Waals surface area contributed by atoms with Crippen molar-refractivity contribution >= 4 is 18.1 Å². The van der Waals surface area contributed by atoms with Crippen LogP contribution in [0.3, 0.4) is 0 Å². The highest BCUT2D eigenvalue weighted by Crippen LogP contribution is 2.14. The molecule has 11 nitrogen and oxygen atoms in total. The molecule has 1 atom stereocenters. The van der Waals surface area contributed by atoms with Gasteiger partial charge in [-0.25, -0.2) is 19.1 Å². The van der Waals surface area contributed by atoms with Crippen LogP contribution in [0.2, 0.25) is 0 Å². The highest BCUT2D eigenvalue weighted by atomic mass is 35.5. The Morgan fingerprint density at radius 1 is 0.851 bits per heavy atom. The lowest BCUT2D eigenvalue weighted by Gasteiger charge is -2.21. The molecule has 2 rings (SSSR count). The molecule has 0 unspecified atom stereocenters. The number of halogens is 1. The van der Waals surface area contributed by atoms with Crippen LogP contribution in [0.15, 0.2) is 41.2 Å². The summed E-state index contributed by atoms with van der Waals surface area (Å²) in [6.07, 6.45) is 20.2. The van der Waals surface area contributed by atoms with E-state index in [1.807, 2.05) is 35.9 Å². The van der Waals surface area contributed by atoms with Crippen molar-refractivity contribution in [3.8, 4) is 5.88 Å². The van der Waals surface area contributed by atoms with E-state index in [0.717, 1.165) is 29.9 Å². The van der Waals surface area contributed by atoms with Crippen LogP contribution in [-0.2, 0) is 27.4 Å². The van der Waals surface area contributed by atoms with Crippen molar-refractivity contribution in [2.45, 2.75) is 136 Å². The number of unbranched alkanes of at least 4 members (excludes halogenated alkanes) is 14. The average Bonchev–Trinajstić information content (AvgIpc) is 3.57. The highest BCUT2D eigenvalue weighted by molar-refractivity contribution is 5.90. The number of carbonyl (C=O) groups is 3. The molecule has 0 aromatic carbocycles. The van der Waals surface area contributed by atoms with E-state index in [1.54, 1.807) is 0 Å². The minimum Gasteiger partial charge on any atom is -1.00 e. The Morgan fingerprint density at radius 2 is 1.45 bits per heavy atom. The zero-order valence-electron chi connectivity index (χ0n) is 28.8. The first kappa shape index (κ1) is 41.7. The number of aromatic nitrogens is 2. The molecule has 0 spiro atoms. The van der Waals surface area contributed by atoms with E-state index in [1.165, 1.54) is 96.3 Å². The largest absolute Gasteiger partial charge is 1.00 e. The fourth-order valence-corrected chi connectivity index (χ4v) is 5.13. The van der Waals surface area contributed by atoms with Gasteiger partial charge in [0.15, 0.2) is 12.3 Å². The second kappa shape index (κ2) is 26.7. The van der Waals surface area contributed by atoms with Crippen molar-refractivity contribution in [2.24, 2.45) is 0 Å². The molecule has 2 aromatic rings. The number of alkyl carbamates (subject to hydrolysis) is 1. The molecule has 2 aromatic heterocycles. The van der Waals surface area contributed by atoms with Gasteiger partial charge in [0.05, 0.1) is 0 Å². The zero-order chi connectivity index (χ0) is 33.2. The van der Waals surface area contributed by atoms with Crippen molar-refractivity contribution in [3.63, 3.8) is 0 Å². The maximum Gasteiger partial charge on any atom is 0.417 e. The molecule has 0 fully saturated rings. The number of aryl methyl sites for hydroxylation is 1. The van der Waals surface area contributed by atoms with Crippen molar-refractivity contribution in [3.05, 3.63) is 42.4 Å². The van der Waals surface area contributed by atoms with E-state index < -0.39 is 24.2 Å². The van der Waals surface area contributed by atoms with Gasteiger partial charge in [-0.3, -0.25) is 4.79 Å². The second-order valence-corrected chi connectivity index (χ2v) is 11.7. The number of nitrogens with one attached hydrogen (secondary N) is 1. The molecule has 1 N–H and O–H groups in total. The lowest BCUT2D eigenvalue weighted by Crippen LogP contribution is -3.00. The number of hydrogen-bond donors (Lipinski definition) is 1. The van der Waals surface area contributed by atoms with Crippen LogP contribution in [0.25, 0.3) is 0 Å². The van der Waals surface area contributed by atoms with Gasteiger partial charge in [0.1, 0.15) is 32.6 Å². The molecule has 0 aliphatic rings. The van der Waals surface area contributed by atoms with Crippen LogP contribution >= 0.6 is 0 Å². The first-order valence-electron chi connectivity index (χ1n) is 17.3. The Balaban J connectivity index is 0.0000110. The van der Waals surface area contributed by atoms with Gasteiger partial charge < -0.3 is 36.5 Å². The van der Waals surface area contributed by atoms with Gasteiger partial charge in [-0.05, 0) is 18.5 Å². The maximum atomic E-state index is 12.9. The van der Waals surface area contributed by atoms with E-state index in [4.69, 9.17) is 18.7 Å². The predicted molar refractivity (Wildman–Crippen MR) is 175 cm³/mol. The molecule has 0 radical (unpaired) electrons. The molecule has 47 heavy (non-hydrogen) atoms. The van der Waals surface area contributed by atoms with E-state index in [9.17, 15) is 14.4 Å². The summed E-state index contributed by atoms with van der Waals surface area (Å²) in [6, 6.07) is 7.06. The third kappa shape index (κ3) is 19.2. The molecule has 3 amide bonds. The SMILES string of the molecule is CCCCCCCCCCCCCCCCCNC(=O)OC[C@H](COC(=O)N(Cc1cccc[n+]1CC)C(C)=O)Oc1ccon1.[Cl-]. The molecular formula is C35H57ClN4O7. The lowest BCUT2D eigenvalue weighted by atomic mass is 10.0. The van der Waals surface area contributed by atoms with Crippen LogP contribution in [0.5, 0.6) is 5.88 Å². The summed E-state index contributed by atoms with van der Waals surface area (Å²) in [7, 11) is 0. The van der Waals surface area contributed by atoms with Crippen molar-refractivity contribution in [2.75, 3.05) is 19.8 Å². The van der Waals surface area contributed by atoms with E-state index in [2.05, 4.69) is 17.4 Å². The number of carbonyl (C=O) groups excluding carboxylic acids is 3. The number of ether oxygens (including phenoxy) is 3. The zero-order valence-corrected chi connectivity index (χ0v) is 29.5. The Morgan fingerprint density at radius 3 is 2.00 bits per heavy atom. The third-order valence-corrected chi connectivity index (χ3v) is 7.84. The molecule has 0 aliphatic heterocycles. The fraction of sp³-hybridized carbons (Fsp3) is 0.686. The Kier molecular flexibility index (Phi) is 23.7. The van der Waals surface area contributed by atoms with Crippen molar-refractivity contribution in [1.29, 1.82) is 0 Å². The molecule has 0 bridgehead atoms. The van der Waals surface area contributed by atoms with Crippen LogP contribution in [0.1, 0.15) is 123 Å². The summed E-state index contributed by atoms with van der Waals surface area (Å²) >= 11 is 0. The van der Waals surface area contributed by atoms with Gasteiger partial charge in [-0.2, -0.15) is 0 Å². The highest BCUT2D eigenvalue weighted by Gasteiger charge is 2.26. The number of imide groups is 1. The number of pyridine rings is 1. The third-order valence-electron chi connectivity index (χ3n) is 7.84. The van der Waals surface area contributed by atoms with Crippen LogP contribution in [0.4, 0.5) is 9.59 Å². The second-order valence-electron chi connectivity index (χ2n) is 11.7. The smallest absolute Gasteiger partial charge is 0.417 e. The van der Waals surface area contributed by atoms with Gasteiger partial charge in [0.2, 0.25) is 11.6 Å². The summed E-state index contributed by atoms with van der Waals surface area (Å²) in [5.74, 6) is -0.306. The molecule has 12 heteroatoms. The molecule has 0 aliphatic carbocycles. The van der Waals surface area contributed by atoms with E-state index in [-0.39, 0.29) is 38.0 Å². The summed E-state index contributed by atoms with van der Waals surface area (Å²) in [4.78, 5) is 38.5. The summed E-state index contributed by atoms with van der Waals surface area (Å²) in [5.41, 5.74) is 0.779. The molecule has 266 valence electrons. The van der Waals surface area contributed by atoms with Gasteiger partial charge >= 0.3 is 12.2 Å². The van der Waals surface area contributed by atoms with E-state index >= 15 is 0 Å². The number of rotatable bonds is 25. The monoisotopic (exact) mass is 680 g/mol. The summed E-state index contributed by atoms with van der Waals surface area (Å²) < 4.78 is 23.2. The Labute approximate surface area is 287 Å². The molecule has 0 saturated heterocycles. The van der Waals surface area contributed by atoms with Gasteiger partial charge in [-0.15, -0.1) is 0 Å². The first-order valence-corrected chi connectivity index (χ1v) is 17.3. The minimum absolute atomic E-state index is 0. The molecule has 2 heterocycles. The number of nitrogens with zero attached hydrogens (tertiary/aromatic N) is 3. The molecule has 0 saturated carbocycles. The van der Waals surface area contributed by atoms with Gasteiger partial charge in [0.25, 0.3) is 5.88 Å². The summed E-state index contributed by atoms with van der Waals surface area (Å²) in [5, 5.41) is 6.48. The van der Waals surface area contributed by atoms with Crippen LogP contribution in [-0.4, -0.2) is 54.0 Å². The Bertz CT molecular complexity index is 1100. The topological polar surface area (TPSA) is 124 Å². The summed E-state index contributed by atoms with van der Waals surface area (Å²) in [6.45, 7) is 6.32. The Hall–Kier alpha value is -3.34. The molecular weight excluding hydrogens is 624 g/mol. The first-order chi connectivity index (χ1) is 22.4. The van der Waals surface area contributed by atoms with Crippen LogP contribution in [0, 0.1) is 0 Å². The van der Waals surface area contributed by atoms with E-state index in [0.29, 0.717) is 13.1 Å². The van der Waals surface area contributed by atoms with Crippen molar-refractivity contribution < 1.29 is 50.1 Å². The number of hydrogen-bond acceptors (Lipinski definition) is 8. The minimum atomic E-state index is -0.864. The predicted octanol–water partition coefficient (Wildman–Crippen LogP) is 4.52. The average molecular weight is 681 g/mol. The quantitative estimate of drug-likeness (QED) is 0.120. The van der Waals surface area contributed by atoms with Gasteiger partial charge in [0, 0.05) is 31.7 Å². The standard InChI is InChI=1S/C35H56N4O7.ClH/c1-4-6-7-8-9-10-11-12-13-14-15-16-17-18-20-24-36-34(41)43-28-32(46-33-23-26-45-37-33)29-44-35(42)39(30(3)40)27-31-22-19-21-25-38(31)5-2;/h19,21-23,25-26,32H,4-18,20,24,27-29H2,1-3H3;1H/t32-;/m1./s1. The number of amides is 3.